The molecule has 0 nitrogen and oxygen atoms in total. The van der Waals surface area contributed by atoms with Gasteiger partial charge < -0.3 is 50.9 Å². The minimum atomic E-state index is 0. The number of benzene rings is 1. The Balaban J connectivity index is 0. The Bertz CT molecular complexity index is 323. The fourth-order valence-electron chi connectivity index (χ4n) is 1.50. The summed E-state index contributed by atoms with van der Waals surface area (Å²) in [5, 5.41) is 0. The smallest absolute Gasteiger partial charge is 1.00 e. The van der Waals surface area contributed by atoms with Crippen molar-refractivity contribution < 1.29 is 71.4 Å². The predicted molar refractivity (Wildman–Crippen MR) is 43.0 cm³/mol. The minimum absolute atomic E-state index is 0. The number of hydrogen-bond donors (Lipinski definition) is 0. The molecule has 74 valence electrons. The summed E-state index contributed by atoms with van der Waals surface area (Å²) in [4.78, 5) is 0. The predicted octanol–water partition coefficient (Wildman–Crippen LogP) is -6.38. The van der Waals surface area contributed by atoms with Gasteiger partial charge in [-0.2, -0.15) is 0 Å². The third-order valence-electron chi connectivity index (χ3n) is 2.15. The summed E-state index contributed by atoms with van der Waals surface area (Å²) in [6, 6.07) is 6.52. The van der Waals surface area contributed by atoms with Gasteiger partial charge in [0.05, 0.1) is 0 Å². The zero-order valence-corrected chi connectivity index (χ0v) is 13.9. The third kappa shape index (κ3) is 3.31. The maximum absolute atomic E-state index is 2.26. The van der Waals surface area contributed by atoms with Gasteiger partial charge in [-0.15, -0.1) is 0 Å². The van der Waals surface area contributed by atoms with Crippen LogP contribution in [0, 0.1) is 6.92 Å². The Kier molecular flexibility index (Phi) is 9.25. The maximum atomic E-state index is 2.26. The summed E-state index contributed by atoms with van der Waals surface area (Å²) in [6.07, 6.45) is 4.49. The Morgan fingerprint density at radius 3 is 2.36 bits per heavy atom. The molecule has 1 aromatic carbocycles. The van der Waals surface area contributed by atoms with E-state index in [0.717, 1.165) is 0 Å². The molecular weight excluding hydrogens is 408 g/mol. The molecule has 2 rings (SSSR count). The monoisotopic (exact) mass is 414 g/mol. The van der Waals surface area contributed by atoms with Crippen molar-refractivity contribution in [3.8, 4) is 0 Å². The van der Waals surface area contributed by atoms with E-state index < -0.39 is 0 Å². The van der Waals surface area contributed by atoms with Gasteiger partial charge in [-0.05, 0) is 0 Å². The number of allylic oxidation sites excluding steroid dienone is 1. The van der Waals surface area contributed by atoms with Crippen molar-refractivity contribution in [1.29, 1.82) is 0 Å². The number of fused-ring (bicyclic) bond motifs is 1. The van der Waals surface area contributed by atoms with Gasteiger partial charge in [0.1, 0.15) is 0 Å². The van der Waals surface area contributed by atoms with Crippen LogP contribution in [0.3, 0.4) is 0 Å². The van der Waals surface area contributed by atoms with E-state index in [4.69, 9.17) is 0 Å². The maximum Gasteiger partial charge on any atom is -1.00 e. The van der Waals surface area contributed by atoms with Gasteiger partial charge in [-0.1, -0.05) is 0 Å². The molecule has 1 aliphatic rings. The molecule has 1 unspecified atom stereocenters. The van der Waals surface area contributed by atoms with Crippen LogP contribution in [0.1, 0.15) is 20.9 Å². The molecule has 0 saturated carbocycles. The summed E-state index contributed by atoms with van der Waals surface area (Å²) in [6.45, 7) is 2.17. The van der Waals surface area contributed by atoms with Crippen LogP contribution in [0.4, 0.5) is 0 Å². The minimum Gasteiger partial charge on any atom is -1.00 e. The Morgan fingerprint density at radius 1 is 1.14 bits per heavy atom. The summed E-state index contributed by atoms with van der Waals surface area (Å²) in [7, 11) is 0. The first kappa shape index (κ1) is 17.5. The molecule has 1 atom stereocenters. The number of halogens is 3. The Labute approximate surface area is 128 Å². The molecular formula is C10H9Br3Ti. The summed E-state index contributed by atoms with van der Waals surface area (Å²) in [5.41, 5.74) is 4.30. The van der Waals surface area contributed by atoms with Crippen molar-refractivity contribution >= 4 is 6.08 Å². The SMILES string of the molecule is Cc1cccc2c1C=C[CH]2[Ti+3].[Br-].[Br-].[Br-]. The van der Waals surface area contributed by atoms with Crippen LogP contribution in [0.2, 0.25) is 0 Å². The van der Waals surface area contributed by atoms with Crippen LogP contribution in [0.5, 0.6) is 0 Å². The van der Waals surface area contributed by atoms with Crippen molar-refractivity contribution in [3.63, 3.8) is 0 Å². The fourth-order valence-corrected chi connectivity index (χ4v) is 2.04. The van der Waals surface area contributed by atoms with E-state index in [1.165, 1.54) is 16.7 Å². The van der Waals surface area contributed by atoms with Crippen LogP contribution in [-0.4, -0.2) is 0 Å². The van der Waals surface area contributed by atoms with E-state index in [1.54, 1.807) is 0 Å². The second-order valence-corrected chi connectivity index (χ2v) is 3.89. The normalized spacial score (nSPS) is 16.1. The van der Waals surface area contributed by atoms with E-state index in [2.05, 4.69) is 57.7 Å². The number of aryl methyl sites for hydroxylation is 1. The van der Waals surface area contributed by atoms with Gasteiger partial charge in [-0.25, -0.2) is 0 Å². The number of hydrogen-bond acceptors (Lipinski definition) is 0. The molecule has 0 heterocycles. The van der Waals surface area contributed by atoms with Crippen molar-refractivity contribution in [3.05, 3.63) is 41.0 Å². The van der Waals surface area contributed by atoms with E-state index in [1.807, 2.05) is 0 Å². The number of rotatable bonds is 0. The molecule has 0 aliphatic heterocycles. The molecule has 1 aliphatic carbocycles. The van der Waals surface area contributed by atoms with Gasteiger partial charge >= 0.3 is 78.6 Å². The average molecular weight is 417 g/mol. The van der Waals surface area contributed by atoms with Crippen molar-refractivity contribution in [2.24, 2.45) is 0 Å². The van der Waals surface area contributed by atoms with E-state index in [-0.39, 0.29) is 50.9 Å². The van der Waals surface area contributed by atoms with E-state index in [0.29, 0.717) is 4.22 Å². The van der Waals surface area contributed by atoms with Gasteiger partial charge in [0, 0.05) is 0 Å². The molecule has 0 aromatic heterocycles. The van der Waals surface area contributed by atoms with Crippen LogP contribution in [0.25, 0.3) is 6.08 Å². The average Bonchev–Trinajstić information content (AvgIpc) is 2.35. The second-order valence-electron chi connectivity index (χ2n) is 2.91. The first-order valence-electron chi connectivity index (χ1n) is 3.78. The standard InChI is InChI=1S/C10H9.3BrH.Ti/c1-8-4-2-5-9-6-3-7-10(8)9;;;;/h2-7H,1H3;3*1H;/q;;;;+3/p-3. The third-order valence-corrected chi connectivity index (χ3v) is 2.93. The molecule has 0 spiro atoms. The quantitative estimate of drug-likeness (QED) is 0.369. The molecule has 4 heteroatoms. The van der Waals surface area contributed by atoms with Crippen molar-refractivity contribution in [2.75, 3.05) is 0 Å². The first-order valence-corrected chi connectivity index (χ1v) is 4.68. The summed E-state index contributed by atoms with van der Waals surface area (Å²) in [5.74, 6) is 0. The largest absolute Gasteiger partial charge is 1.00 e. The first-order chi connectivity index (χ1) is 5.29. The zero-order chi connectivity index (χ0) is 7.84. The van der Waals surface area contributed by atoms with Gasteiger partial charge in [0.25, 0.3) is 0 Å². The summed E-state index contributed by atoms with van der Waals surface area (Å²) >= 11 is 2.24. The van der Waals surface area contributed by atoms with Crippen LogP contribution >= 0.6 is 0 Å². The topological polar surface area (TPSA) is 0 Å². The molecule has 0 radical (unpaired) electrons. The van der Waals surface area contributed by atoms with Crippen molar-refractivity contribution in [2.45, 2.75) is 11.1 Å². The van der Waals surface area contributed by atoms with Crippen molar-refractivity contribution in [1.82, 2.24) is 0 Å². The van der Waals surface area contributed by atoms with Crippen LogP contribution in [-0.2, 0) is 20.4 Å². The van der Waals surface area contributed by atoms with Gasteiger partial charge in [-0.3, -0.25) is 0 Å². The fraction of sp³-hybridized carbons (Fsp3) is 0.200. The molecule has 0 N–H and O–H groups in total. The Morgan fingerprint density at radius 2 is 1.79 bits per heavy atom. The molecule has 0 saturated heterocycles. The van der Waals surface area contributed by atoms with Gasteiger partial charge in [0.2, 0.25) is 0 Å². The molecule has 0 fully saturated rings. The Hall–Kier alpha value is 1.11. The molecule has 0 bridgehead atoms. The zero-order valence-electron chi connectivity index (χ0n) is 7.60. The molecule has 0 amide bonds. The molecule has 14 heavy (non-hydrogen) atoms. The van der Waals surface area contributed by atoms with Crippen LogP contribution < -0.4 is 50.9 Å². The summed E-state index contributed by atoms with van der Waals surface area (Å²) < 4.78 is 0.616. The second kappa shape index (κ2) is 7.40. The van der Waals surface area contributed by atoms with Gasteiger partial charge in [0.15, 0.2) is 0 Å². The van der Waals surface area contributed by atoms with E-state index >= 15 is 0 Å². The molecule has 1 aromatic rings. The van der Waals surface area contributed by atoms with Crippen LogP contribution in [0.15, 0.2) is 24.3 Å². The van der Waals surface area contributed by atoms with E-state index in [9.17, 15) is 0 Å².